The second-order valence-electron chi connectivity index (χ2n) is 4.05. The van der Waals surface area contributed by atoms with Crippen molar-refractivity contribution in [3.63, 3.8) is 0 Å². The highest BCUT2D eigenvalue weighted by Gasteiger charge is 2.08. The Kier molecular flexibility index (Phi) is 9.25. The molecule has 2 amide bonds. The molecule has 23 heavy (non-hydrogen) atoms. The molecular weight excluding hydrogens is 312 g/mol. The number of carbonyl (C=O) groups is 4. The Hall–Kier alpha value is -3.04. The molecule has 0 aromatic carbocycles. The second-order valence-corrected chi connectivity index (χ2v) is 4.05. The zero-order valence-corrected chi connectivity index (χ0v) is 12.8. The predicted octanol–water partition coefficient (Wildman–Crippen LogP) is 0.550. The summed E-state index contributed by atoms with van der Waals surface area (Å²) in [5.74, 6) is -1.41. The first-order chi connectivity index (χ1) is 10.7. The number of esters is 2. The summed E-state index contributed by atoms with van der Waals surface area (Å²) in [7, 11) is 0. The number of nitrogens with one attached hydrogen (secondary N) is 2. The maximum absolute atomic E-state index is 11.1. The van der Waals surface area contributed by atoms with Crippen LogP contribution in [0.1, 0.15) is 13.8 Å². The lowest BCUT2D eigenvalue weighted by molar-refractivity contribution is -0.147. The Balaban J connectivity index is 3.69. The molecule has 10 heteroatoms. The average Bonchev–Trinajstić information content (AvgIpc) is 2.46. The van der Waals surface area contributed by atoms with E-state index in [2.05, 4.69) is 42.7 Å². The maximum atomic E-state index is 11.1. The fraction of sp³-hybridized carbons (Fsp3) is 0.385. The molecule has 0 fully saturated rings. The van der Waals surface area contributed by atoms with E-state index >= 15 is 0 Å². The maximum Gasteiger partial charge on any atom is 0.411 e. The van der Waals surface area contributed by atoms with Gasteiger partial charge < -0.3 is 29.6 Å². The summed E-state index contributed by atoms with van der Waals surface area (Å²) in [6, 6.07) is 0. The van der Waals surface area contributed by atoms with E-state index in [0.29, 0.717) is 0 Å². The van der Waals surface area contributed by atoms with Gasteiger partial charge in [0.25, 0.3) is 0 Å². The minimum absolute atomic E-state index is 0.158. The van der Waals surface area contributed by atoms with Gasteiger partial charge in [-0.15, -0.1) is 0 Å². The van der Waals surface area contributed by atoms with Crippen molar-refractivity contribution in [3.8, 4) is 0 Å². The van der Waals surface area contributed by atoms with Crippen LogP contribution in [0.3, 0.4) is 0 Å². The minimum atomic E-state index is -0.937. The summed E-state index contributed by atoms with van der Waals surface area (Å²) in [6.45, 7) is 8.03. The van der Waals surface area contributed by atoms with E-state index in [4.69, 9.17) is 0 Å². The lowest BCUT2D eigenvalue weighted by Gasteiger charge is -2.09. The predicted molar refractivity (Wildman–Crippen MR) is 75.6 cm³/mol. The van der Waals surface area contributed by atoms with Crippen LogP contribution in [0.15, 0.2) is 24.3 Å². The largest absolute Gasteiger partial charge is 0.424 e. The number of amides is 2. The molecule has 0 aliphatic rings. The van der Waals surface area contributed by atoms with Gasteiger partial charge in [0, 0.05) is 11.1 Å². The van der Waals surface area contributed by atoms with Crippen LogP contribution in [-0.4, -0.2) is 44.4 Å². The molecule has 0 bridgehead atoms. The first kappa shape index (κ1) is 20.0. The Bertz CT molecular complexity index is 456. The van der Waals surface area contributed by atoms with E-state index in [9.17, 15) is 19.2 Å². The van der Waals surface area contributed by atoms with Crippen LogP contribution >= 0.6 is 0 Å². The van der Waals surface area contributed by atoms with Crippen molar-refractivity contribution in [1.82, 2.24) is 10.6 Å². The lowest BCUT2D eigenvalue weighted by Crippen LogP contribution is -2.38. The Morgan fingerprint density at radius 3 is 1.39 bits per heavy atom. The molecule has 0 radical (unpaired) electrons. The van der Waals surface area contributed by atoms with Crippen LogP contribution in [0, 0.1) is 0 Å². The molecule has 0 spiro atoms. The summed E-state index contributed by atoms with van der Waals surface area (Å²) in [4.78, 5) is 44.2. The molecular formula is C13H18N2O8. The lowest BCUT2D eigenvalue weighted by atomic mass is 10.4. The van der Waals surface area contributed by atoms with Crippen LogP contribution < -0.4 is 10.6 Å². The smallest absolute Gasteiger partial charge is 0.411 e. The molecule has 0 atom stereocenters. The number of ether oxygens (including phenoxy) is 4. The van der Waals surface area contributed by atoms with Crippen molar-refractivity contribution in [2.75, 3.05) is 20.3 Å². The number of hydrogen-bond acceptors (Lipinski definition) is 8. The Morgan fingerprint density at radius 1 is 0.739 bits per heavy atom. The molecule has 0 heterocycles. The molecule has 0 aromatic heterocycles. The third kappa shape index (κ3) is 10.3. The molecule has 0 saturated carbocycles. The first-order valence-corrected chi connectivity index (χ1v) is 6.20. The quantitative estimate of drug-likeness (QED) is 0.375. The van der Waals surface area contributed by atoms with Gasteiger partial charge in [0.05, 0.1) is 6.67 Å². The molecule has 0 unspecified atom stereocenters. The normalized spacial score (nSPS) is 9.13. The van der Waals surface area contributed by atoms with Gasteiger partial charge in [0.2, 0.25) is 13.6 Å². The van der Waals surface area contributed by atoms with Crippen LogP contribution in [-0.2, 0) is 28.5 Å². The van der Waals surface area contributed by atoms with E-state index in [1.807, 2.05) is 0 Å². The highest BCUT2D eigenvalue weighted by molar-refractivity contribution is 5.87. The summed E-state index contributed by atoms with van der Waals surface area (Å²) in [6.07, 6.45) is -1.87. The van der Waals surface area contributed by atoms with Crippen molar-refractivity contribution in [1.29, 1.82) is 0 Å². The van der Waals surface area contributed by atoms with Crippen molar-refractivity contribution in [2.24, 2.45) is 0 Å². The van der Waals surface area contributed by atoms with Gasteiger partial charge in [0.15, 0.2) is 0 Å². The van der Waals surface area contributed by atoms with Gasteiger partial charge in [0.1, 0.15) is 0 Å². The zero-order chi connectivity index (χ0) is 17.8. The fourth-order valence-electron chi connectivity index (χ4n) is 0.810. The number of alkyl carbamates (subject to hydrolysis) is 2. The summed E-state index contributed by atoms with van der Waals surface area (Å²) in [5, 5.41) is 4.25. The molecule has 2 N–H and O–H groups in total. The van der Waals surface area contributed by atoms with E-state index in [0.717, 1.165) is 0 Å². The highest BCUT2D eigenvalue weighted by atomic mass is 16.7. The van der Waals surface area contributed by atoms with E-state index in [1.54, 1.807) is 0 Å². The van der Waals surface area contributed by atoms with E-state index < -0.39 is 37.7 Å². The van der Waals surface area contributed by atoms with E-state index in [-0.39, 0.29) is 17.8 Å². The van der Waals surface area contributed by atoms with Crippen molar-refractivity contribution < 1.29 is 38.1 Å². The third-order valence-electron chi connectivity index (χ3n) is 1.92. The molecule has 0 saturated heterocycles. The van der Waals surface area contributed by atoms with Gasteiger partial charge in [-0.05, 0) is 13.8 Å². The standard InChI is InChI=1S/C13H18N2O8/c1-8(2)10(16)20-6-22-12(18)14-5-15-13(19)23-7-21-11(17)9(3)4/h1,3,5-7H2,2,4H3,(H,14,18)(H,15,19). The zero-order valence-electron chi connectivity index (χ0n) is 12.8. The fourth-order valence-corrected chi connectivity index (χ4v) is 0.810. The number of rotatable bonds is 8. The Labute approximate surface area is 132 Å². The third-order valence-corrected chi connectivity index (χ3v) is 1.92. The number of carbonyl (C=O) groups excluding carboxylic acids is 4. The van der Waals surface area contributed by atoms with Crippen LogP contribution in [0.25, 0.3) is 0 Å². The van der Waals surface area contributed by atoms with E-state index in [1.165, 1.54) is 13.8 Å². The van der Waals surface area contributed by atoms with Gasteiger partial charge in [-0.2, -0.15) is 0 Å². The number of hydrogen-bond donors (Lipinski definition) is 2. The van der Waals surface area contributed by atoms with Gasteiger partial charge in [-0.1, -0.05) is 13.2 Å². The first-order valence-electron chi connectivity index (χ1n) is 6.20. The summed E-state index contributed by atoms with van der Waals surface area (Å²) >= 11 is 0. The molecule has 0 rings (SSSR count). The van der Waals surface area contributed by atoms with Crippen molar-refractivity contribution in [3.05, 3.63) is 24.3 Å². The summed E-state index contributed by atoms with van der Waals surface area (Å²) in [5.41, 5.74) is 0.316. The SMILES string of the molecule is C=C(C)C(=O)OCOC(=O)NCNC(=O)OCOC(=O)C(=C)C. The molecule has 0 aliphatic carbocycles. The second kappa shape index (κ2) is 10.7. The highest BCUT2D eigenvalue weighted by Crippen LogP contribution is 1.93. The topological polar surface area (TPSA) is 129 Å². The Morgan fingerprint density at radius 2 is 1.09 bits per heavy atom. The monoisotopic (exact) mass is 330 g/mol. The average molecular weight is 330 g/mol. The van der Waals surface area contributed by atoms with Gasteiger partial charge in [-0.25, -0.2) is 19.2 Å². The molecule has 10 nitrogen and oxygen atoms in total. The minimum Gasteiger partial charge on any atom is -0.424 e. The molecule has 0 aromatic rings. The van der Waals surface area contributed by atoms with Gasteiger partial charge >= 0.3 is 24.1 Å². The molecule has 0 aliphatic heterocycles. The van der Waals surface area contributed by atoms with Crippen LogP contribution in [0.2, 0.25) is 0 Å². The van der Waals surface area contributed by atoms with Crippen LogP contribution in [0.5, 0.6) is 0 Å². The van der Waals surface area contributed by atoms with Gasteiger partial charge in [-0.3, -0.25) is 0 Å². The van der Waals surface area contributed by atoms with Crippen LogP contribution in [0.4, 0.5) is 9.59 Å². The van der Waals surface area contributed by atoms with Crippen molar-refractivity contribution in [2.45, 2.75) is 13.8 Å². The molecule has 128 valence electrons. The van der Waals surface area contributed by atoms with Crippen molar-refractivity contribution >= 4 is 24.1 Å². The summed E-state index contributed by atoms with van der Waals surface area (Å²) < 4.78 is 18.0.